The first-order valence-corrected chi connectivity index (χ1v) is 9.74. The lowest BCUT2D eigenvalue weighted by molar-refractivity contribution is -0.143. The van der Waals surface area contributed by atoms with Gasteiger partial charge in [-0.2, -0.15) is 9.36 Å². The van der Waals surface area contributed by atoms with Crippen LogP contribution in [0, 0.1) is 0 Å². The molecule has 3 rings (SSSR count). The van der Waals surface area contributed by atoms with E-state index in [0.29, 0.717) is 23.6 Å². The van der Waals surface area contributed by atoms with Crippen LogP contribution < -0.4 is 4.74 Å². The number of hydrogen-bond acceptors (Lipinski definition) is 9. The molecular formula is C17H20N2O5S2. The minimum atomic E-state index is -0.580. The molecule has 0 saturated carbocycles. The molecule has 2 atom stereocenters. The maximum absolute atomic E-state index is 11.4. The first kappa shape index (κ1) is 19.1. The second-order valence-electron chi connectivity index (χ2n) is 6.07. The van der Waals surface area contributed by atoms with Gasteiger partial charge in [0.05, 0.1) is 6.61 Å². The predicted molar refractivity (Wildman–Crippen MR) is 97.1 cm³/mol. The number of nitrogens with zero attached hydrogens (tertiary/aromatic N) is 2. The Morgan fingerprint density at radius 2 is 2.19 bits per heavy atom. The van der Waals surface area contributed by atoms with Crippen molar-refractivity contribution in [1.82, 2.24) is 9.36 Å². The number of thioether (sulfide) groups is 1. The van der Waals surface area contributed by atoms with Crippen molar-refractivity contribution in [3.8, 4) is 5.19 Å². The van der Waals surface area contributed by atoms with E-state index in [4.69, 9.17) is 18.9 Å². The Hall–Kier alpha value is -1.68. The molecule has 2 unspecified atom stereocenters. The fourth-order valence-electron chi connectivity index (χ4n) is 2.33. The van der Waals surface area contributed by atoms with Crippen molar-refractivity contribution in [3.63, 3.8) is 0 Å². The van der Waals surface area contributed by atoms with Gasteiger partial charge in [-0.25, -0.2) is 0 Å². The van der Waals surface area contributed by atoms with Gasteiger partial charge < -0.3 is 18.9 Å². The summed E-state index contributed by atoms with van der Waals surface area (Å²) < 4.78 is 26.5. The Labute approximate surface area is 160 Å². The fourth-order valence-corrected chi connectivity index (χ4v) is 3.92. The van der Waals surface area contributed by atoms with Gasteiger partial charge in [0.15, 0.2) is 11.2 Å². The van der Waals surface area contributed by atoms with Crippen LogP contribution in [0.2, 0.25) is 0 Å². The molecule has 7 nitrogen and oxygen atoms in total. The maximum atomic E-state index is 11.4. The highest BCUT2D eigenvalue weighted by Gasteiger charge is 2.33. The molecule has 1 saturated heterocycles. The molecule has 1 fully saturated rings. The number of hydrogen-bond donors (Lipinski definition) is 0. The molecule has 2 aromatic rings. The van der Waals surface area contributed by atoms with E-state index in [-0.39, 0.29) is 12.1 Å². The zero-order chi connectivity index (χ0) is 18.6. The van der Waals surface area contributed by atoms with Gasteiger partial charge in [-0.1, -0.05) is 30.3 Å². The van der Waals surface area contributed by atoms with Crippen LogP contribution in [0.25, 0.3) is 0 Å². The van der Waals surface area contributed by atoms with Crippen LogP contribution in [-0.2, 0) is 19.0 Å². The van der Waals surface area contributed by atoms with Crippen LogP contribution >= 0.6 is 23.3 Å². The third kappa shape index (κ3) is 5.41. The maximum Gasteiger partial charge on any atom is 0.304 e. The average Bonchev–Trinajstić information content (AvgIpc) is 3.18. The number of aromatic nitrogens is 2. The Bertz CT molecular complexity index is 738. The molecule has 1 aromatic carbocycles. The van der Waals surface area contributed by atoms with E-state index in [0.717, 1.165) is 17.1 Å². The molecule has 0 amide bonds. The second kappa shape index (κ2) is 8.34. The van der Waals surface area contributed by atoms with Crippen LogP contribution in [0.4, 0.5) is 0 Å². The van der Waals surface area contributed by atoms with Crippen molar-refractivity contribution in [2.75, 3.05) is 13.2 Å². The van der Waals surface area contributed by atoms with E-state index >= 15 is 0 Å². The standard InChI is InChI=1S/C17H20N2O5S2/c1-11(20)23-14(12-7-5-4-6-8-12)25-15-18-16(26-19-15)21-9-13-10-22-17(2,3)24-13/h4-8,13-14H,9-10H2,1-3H3. The highest BCUT2D eigenvalue weighted by atomic mass is 32.2. The van der Waals surface area contributed by atoms with Crippen LogP contribution in [0.5, 0.6) is 5.19 Å². The number of benzene rings is 1. The summed E-state index contributed by atoms with van der Waals surface area (Å²) in [6, 6.07) is 9.47. The zero-order valence-corrected chi connectivity index (χ0v) is 16.3. The monoisotopic (exact) mass is 396 g/mol. The van der Waals surface area contributed by atoms with Crippen molar-refractivity contribution < 1.29 is 23.7 Å². The van der Waals surface area contributed by atoms with Gasteiger partial charge in [0, 0.05) is 24.0 Å². The molecule has 0 spiro atoms. The number of carbonyl (C=O) groups is 1. The zero-order valence-electron chi connectivity index (χ0n) is 14.7. The highest BCUT2D eigenvalue weighted by Crippen LogP contribution is 2.36. The molecule has 9 heteroatoms. The summed E-state index contributed by atoms with van der Waals surface area (Å²) in [6.07, 6.45) is -0.136. The van der Waals surface area contributed by atoms with Crippen molar-refractivity contribution in [1.29, 1.82) is 0 Å². The van der Waals surface area contributed by atoms with E-state index in [9.17, 15) is 4.79 Å². The van der Waals surface area contributed by atoms with Crippen molar-refractivity contribution in [2.24, 2.45) is 0 Å². The Morgan fingerprint density at radius 1 is 1.42 bits per heavy atom. The average molecular weight is 396 g/mol. The van der Waals surface area contributed by atoms with Crippen LogP contribution in [0.1, 0.15) is 31.8 Å². The first-order valence-electron chi connectivity index (χ1n) is 8.08. The van der Waals surface area contributed by atoms with Gasteiger partial charge in [0.1, 0.15) is 12.7 Å². The van der Waals surface area contributed by atoms with Gasteiger partial charge in [-0.15, -0.1) is 0 Å². The summed E-state index contributed by atoms with van der Waals surface area (Å²) in [5.41, 5.74) is 0.354. The highest BCUT2D eigenvalue weighted by molar-refractivity contribution is 7.99. The van der Waals surface area contributed by atoms with E-state index < -0.39 is 11.2 Å². The molecule has 140 valence electrons. The molecule has 1 aliphatic heterocycles. The Morgan fingerprint density at radius 3 is 2.85 bits per heavy atom. The van der Waals surface area contributed by atoms with E-state index in [1.165, 1.54) is 18.7 Å². The minimum Gasteiger partial charge on any atom is -0.466 e. The van der Waals surface area contributed by atoms with Gasteiger partial charge in [0.2, 0.25) is 5.16 Å². The number of esters is 1. The van der Waals surface area contributed by atoms with Gasteiger partial charge in [-0.3, -0.25) is 4.79 Å². The third-order valence-corrected chi connectivity index (χ3v) is 5.13. The topological polar surface area (TPSA) is 79.8 Å². The lowest BCUT2D eigenvalue weighted by Crippen LogP contribution is -2.25. The molecule has 0 bridgehead atoms. The third-order valence-electron chi connectivity index (χ3n) is 3.41. The van der Waals surface area contributed by atoms with E-state index in [2.05, 4.69) is 9.36 Å². The van der Waals surface area contributed by atoms with Crippen LogP contribution in [0.15, 0.2) is 35.5 Å². The molecule has 0 N–H and O–H groups in total. The van der Waals surface area contributed by atoms with Gasteiger partial charge in [-0.05, 0) is 25.6 Å². The Balaban J connectivity index is 1.58. The number of ether oxygens (including phenoxy) is 4. The molecule has 1 aromatic heterocycles. The smallest absolute Gasteiger partial charge is 0.304 e. The summed E-state index contributed by atoms with van der Waals surface area (Å²) in [4.78, 5) is 15.7. The molecule has 1 aliphatic rings. The Kier molecular flexibility index (Phi) is 6.13. The summed E-state index contributed by atoms with van der Waals surface area (Å²) >= 11 is 2.41. The summed E-state index contributed by atoms with van der Waals surface area (Å²) in [5, 5.41) is 0.930. The van der Waals surface area contributed by atoms with E-state index in [1.807, 2.05) is 44.2 Å². The predicted octanol–water partition coefficient (Wildman–Crippen LogP) is 3.42. The lowest BCUT2D eigenvalue weighted by Gasteiger charge is -2.16. The molecule has 2 heterocycles. The van der Waals surface area contributed by atoms with Crippen LogP contribution in [-0.4, -0.2) is 40.4 Å². The summed E-state index contributed by atoms with van der Waals surface area (Å²) in [5.74, 6) is -0.942. The molecule has 0 radical (unpaired) electrons. The van der Waals surface area contributed by atoms with E-state index in [1.54, 1.807) is 0 Å². The molecular weight excluding hydrogens is 376 g/mol. The summed E-state index contributed by atoms with van der Waals surface area (Å²) in [6.45, 7) is 5.94. The minimum absolute atomic E-state index is 0.136. The lowest BCUT2D eigenvalue weighted by atomic mass is 10.2. The summed E-state index contributed by atoms with van der Waals surface area (Å²) in [7, 11) is 0. The normalized spacial score (nSPS) is 19.9. The number of rotatable bonds is 7. The quantitative estimate of drug-likeness (QED) is 0.400. The molecule has 26 heavy (non-hydrogen) atoms. The van der Waals surface area contributed by atoms with Gasteiger partial charge in [0.25, 0.3) is 5.19 Å². The van der Waals surface area contributed by atoms with Crippen molar-refractivity contribution in [2.45, 2.75) is 43.3 Å². The SMILES string of the molecule is CC(=O)OC(Sc1nsc(OCC2COC(C)(C)O2)n1)c1ccccc1. The largest absolute Gasteiger partial charge is 0.466 e. The molecule has 0 aliphatic carbocycles. The van der Waals surface area contributed by atoms with Crippen molar-refractivity contribution in [3.05, 3.63) is 35.9 Å². The van der Waals surface area contributed by atoms with Crippen molar-refractivity contribution >= 4 is 29.3 Å². The van der Waals surface area contributed by atoms with Crippen LogP contribution in [0.3, 0.4) is 0 Å². The van der Waals surface area contributed by atoms with Gasteiger partial charge >= 0.3 is 5.97 Å². The number of carbonyl (C=O) groups excluding carboxylic acids is 1. The first-order chi connectivity index (χ1) is 12.4. The fraction of sp³-hybridized carbons (Fsp3) is 0.471. The second-order valence-corrected chi connectivity index (χ2v) is 7.82.